The van der Waals surface area contributed by atoms with Gasteiger partial charge < -0.3 is 18.4 Å². The topological polar surface area (TPSA) is 106 Å². The van der Waals surface area contributed by atoms with Crippen LogP contribution >= 0.6 is 11.6 Å². The summed E-state index contributed by atoms with van der Waals surface area (Å²) in [4.78, 5) is 28.0. The van der Waals surface area contributed by atoms with Crippen LogP contribution in [0.5, 0.6) is 0 Å². The van der Waals surface area contributed by atoms with Crippen molar-refractivity contribution < 1.29 is 36.7 Å². The summed E-state index contributed by atoms with van der Waals surface area (Å²) in [7, 11) is -0.849. The van der Waals surface area contributed by atoms with Crippen LogP contribution in [0.15, 0.2) is 303 Å². The average Bonchev–Trinajstić information content (AvgIpc) is 1.59. The fourth-order valence-corrected chi connectivity index (χ4v) is 12.3. The molecule has 16 aromatic rings. The quantitative estimate of drug-likeness (QED) is 0.118. The van der Waals surface area contributed by atoms with Crippen molar-refractivity contribution in [3.8, 4) is 102 Å². The van der Waals surface area contributed by atoms with Gasteiger partial charge in [-0.1, -0.05) is 260 Å². The Balaban J connectivity index is 0.000000176. The van der Waals surface area contributed by atoms with Crippen molar-refractivity contribution in [3.05, 3.63) is 308 Å². The molecule has 4 aromatic heterocycles. The van der Waals surface area contributed by atoms with Crippen LogP contribution in [0.3, 0.4) is 0 Å². The summed E-state index contributed by atoms with van der Waals surface area (Å²) in [6, 6.07) is 46.4. The van der Waals surface area contributed by atoms with E-state index in [-0.39, 0.29) is 57.2 Å². The molecule has 0 atom stereocenters. The van der Waals surface area contributed by atoms with Crippen LogP contribution in [0, 0.1) is 0 Å². The van der Waals surface area contributed by atoms with Crippen LogP contribution < -0.4 is 5.46 Å². The van der Waals surface area contributed by atoms with Gasteiger partial charge in [0.05, 0.1) is 72.1 Å². The van der Waals surface area contributed by atoms with Crippen molar-refractivity contribution in [2.75, 3.05) is 0 Å². The van der Waals surface area contributed by atoms with Gasteiger partial charge in [0.2, 0.25) is 0 Å². The monoisotopic (exact) mass is 1280 g/mol. The van der Waals surface area contributed by atoms with Crippen molar-refractivity contribution in [2.45, 2.75) is 38.9 Å². The smallest absolute Gasteiger partial charge is 0.399 e. The Labute approximate surface area is 590 Å². The van der Waals surface area contributed by atoms with E-state index < -0.39 is 139 Å². The molecule has 12 heteroatoms. The molecular formula is C84H62BClN8O2. The van der Waals surface area contributed by atoms with E-state index in [2.05, 4.69) is 54.8 Å². The Morgan fingerprint density at radius 2 is 0.677 bits per heavy atom. The van der Waals surface area contributed by atoms with Crippen molar-refractivity contribution in [1.82, 2.24) is 39.0 Å². The molecule has 1 fully saturated rings. The second kappa shape index (κ2) is 24.8. The van der Waals surface area contributed by atoms with Crippen LogP contribution in [0.2, 0.25) is 5.02 Å². The maximum atomic E-state index is 8.88. The SMILES string of the molecule is [2H]c1c([2H])c([2H])c(-c2nc(-c3cc(B4OC(C)(C)C(C)(C)O4)ccc3-n3c4ccccc4c4c(-c5ccccc5)cccc43)nc(-c3c([2H])c([2H])c([2H])c([2H])c3[2H])n2)c([2H])c1[2H].[2H]c1c([2H])c([2H])c(-c2nc(-c3cc(Cl)ccc3-n3c4ccccc4c4c(-c5ccccc5)cccc43)nc(-c3c([2H])c([2H])c([2H])c([2H])c3[2H])n2)c([2H])c1[2H]. The summed E-state index contributed by atoms with van der Waals surface area (Å²) in [5.74, 6) is -1.63. The van der Waals surface area contributed by atoms with E-state index in [9.17, 15) is 0 Å². The first-order chi connectivity index (χ1) is 55.3. The Hall–Kier alpha value is -11.5. The molecule has 0 N–H and O–H groups in total. The molecular weight excluding hydrogens is 1200 g/mol. The van der Waals surface area contributed by atoms with Gasteiger partial charge in [0.15, 0.2) is 34.9 Å². The number of benzene rings is 12. The van der Waals surface area contributed by atoms with Crippen LogP contribution in [-0.4, -0.2) is 57.4 Å². The molecule has 0 aliphatic carbocycles. The largest absolute Gasteiger partial charge is 0.494 e. The third kappa shape index (κ3) is 11.0. The van der Waals surface area contributed by atoms with Gasteiger partial charge in [-0.15, -0.1) is 0 Å². The van der Waals surface area contributed by atoms with Gasteiger partial charge in [-0.2, -0.15) is 0 Å². The number of halogens is 1. The molecule has 5 heterocycles. The lowest BCUT2D eigenvalue weighted by atomic mass is 9.78. The lowest BCUT2D eigenvalue weighted by Crippen LogP contribution is -2.41. The van der Waals surface area contributed by atoms with Gasteiger partial charge in [0.25, 0.3) is 0 Å². The van der Waals surface area contributed by atoms with Gasteiger partial charge in [0.1, 0.15) is 0 Å². The van der Waals surface area contributed by atoms with E-state index in [0.717, 1.165) is 65.9 Å². The van der Waals surface area contributed by atoms with Crippen molar-refractivity contribution >= 4 is 67.8 Å². The second-order valence-corrected chi connectivity index (χ2v) is 23.9. The molecule has 10 nitrogen and oxygen atoms in total. The number of rotatable bonds is 11. The molecule has 96 heavy (non-hydrogen) atoms. The number of fused-ring (bicyclic) bond motifs is 6. The lowest BCUT2D eigenvalue weighted by Gasteiger charge is -2.32. The highest BCUT2D eigenvalue weighted by Gasteiger charge is 2.52. The van der Waals surface area contributed by atoms with E-state index in [1.165, 1.54) is 0 Å². The third-order valence-corrected chi connectivity index (χ3v) is 17.4. The number of aromatic nitrogens is 8. The highest BCUT2D eigenvalue weighted by Crippen LogP contribution is 2.44. The lowest BCUT2D eigenvalue weighted by molar-refractivity contribution is 0.00578. The number of para-hydroxylation sites is 2. The summed E-state index contributed by atoms with van der Waals surface area (Å²) >= 11 is 6.66. The normalized spacial score (nSPS) is 16.2. The van der Waals surface area contributed by atoms with Gasteiger partial charge in [0, 0.05) is 59.9 Å². The van der Waals surface area contributed by atoms with Crippen molar-refractivity contribution in [1.29, 1.82) is 0 Å². The molecule has 1 saturated heterocycles. The molecule has 0 radical (unpaired) electrons. The molecule has 12 aromatic carbocycles. The van der Waals surface area contributed by atoms with E-state index in [0.29, 0.717) is 33.0 Å². The summed E-state index contributed by atoms with van der Waals surface area (Å²) in [5.41, 5.74) is 6.95. The Kier molecular flexibility index (Phi) is 10.7. The molecule has 0 bridgehead atoms. The van der Waals surface area contributed by atoms with E-state index in [4.69, 9.17) is 58.3 Å². The minimum atomic E-state index is -0.849. The van der Waals surface area contributed by atoms with Gasteiger partial charge in [-0.3, -0.25) is 0 Å². The predicted molar refractivity (Wildman–Crippen MR) is 393 cm³/mol. The minimum Gasteiger partial charge on any atom is -0.399 e. The standard InChI is InChI=1S/C45H37BN4O2.C39H25ClN4/c1-44(2)45(3,4)52-46(51-44)33-27-28-38(50-37-25-15-14-23-35(37)40-34(24-16-26-39(40)50)30-17-8-5-9-18-30)36(29-33)43-48-41(31-19-10-6-11-20-31)47-42(49-43)32-21-12-7-13-22-32;40-29-23-24-34(44-33-21-11-10-19-31(33)36-30(20-12-22-35(36)44)26-13-4-1-5-14-26)32(25-29)39-42-37(27-15-6-2-7-16-27)41-38(43-39)28-17-8-3-9-18-28/h5-29H,1-4H3;1-25H/i6D,7D,10D,11D,12D,13D,19D,20D,21D,22D;2D,3D,6D,7D,8D,9D,15D,16D,17D,18D. The fraction of sp³-hybridized carbons (Fsp3) is 0.0714. The molecule has 460 valence electrons. The Morgan fingerprint density at radius 1 is 0.333 bits per heavy atom. The van der Waals surface area contributed by atoms with Crippen LogP contribution in [0.25, 0.3) is 146 Å². The first-order valence-electron chi connectivity index (χ1n) is 40.6. The van der Waals surface area contributed by atoms with Gasteiger partial charge >= 0.3 is 7.12 Å². The highest BCUT2D eigenvalue weighted by molar-refractivity contribution is 6.62. The first-order valence-corrected chi connectivity index (χ1v) is 31.0. The minimum absolute atomic E-state index is 0.0814. The third-order valence-electron chi connectivity index (χ3n) is 17.2. The molecule has 0 spiro atoms. The first kappa shape index (κ1) is 41.3. The molecule has 1 aliphatic rings. The van der Waals surface area contributed by atoms with Gasteiger partial charge in [-0.05, 0) is 110 Å². The predicted octanol–water partition coefficient (Wildman–Crippen LogP) is 20.2. The molecule has 17 rings (SSSR count). The van der Waals surface area contributed by atoms with Crippen LogP contribution in [0.4, 0.5) is 0 Å². The summed E-state index contributed by atoms with van der Waals surface area (Å²) < 4.78 is 187. The van der Waals surface area contributed by atoms with Crippen molar-refractivity contribution in [3.63, 3.8) is 0 Å². The van der Waals surface area contributed by atoms with Crippen LogP contribution in [-0.2, 0) is 9.31 Å². The Morgan fingerprint density at radius 3 is 1.08 bits per heavy atom. The van der Waals surface area contributed by atoms with E-state index in [1.54, 1.807) is 24.3 Å². The maximum Gasteiger partial charge on any atom is 0.494 e. The van der Waals surface area contributed by atoms with Crippen molar-refractivity contribution in [2.24, 2.45) is 0 Å². The summed E-state index contributed by atoms with van der Waals surface area (Å²) in [6.07, 6.45) is 0. The molecule has 0 unspecified atom stereocenters. The molecule has 1 aliphatic heterocycles. The van der Waals surface area contributed by atoms with Crippen LogP contribution in [0.1, 0.15) is 55.1 Å². The summed E-state index contributed by atoms with van der Waals surface area (Å²) in [6.45, 7) is 7.76. The number of nitrogens with zero attached hydrogens (tertiary/aromatic N) is 8. The zero-order chi connectivity index (χ0) is 82.3. The average molecular weight is 1280 g/mol. The highest BCUT2D eigenvalue weighted by atomic mass is 35.5. The molecule has 0 amide bonds. The maximum absolute atomic E-state index is 8.88. The fourth-order valence-electron chi connectivity index (χ4n) is 12.1. The van der Waals surface area contributed by atoms with E-state index in [1.807, 2.05) is 160 Å². The number of hydrogen-bond acceptors (Lipinski definition) is 8. The zero-order valence-electron chi connectivity index (χ0n) is 71.7. The zero-order valence-corrected chi connectivity index (χ0v) is 52.4. The Bertz CT molecular complexity index is 6550. The van der Waals surface area contributed by atoms with E-state index >= 15 is 0 Å². The number of hydrogen-bond donors (Lipinski definition) is 0. The second-order valence-electron chi connectivity index (χ2n) is 23.5. The molecule has 0 saturated carbocycles. The van der Waals surface area contributed by atoms with Gasteiger partial charge in [-0.25, -0.2) is 29.9 Å². The summed E-state index contributed by atoms with van der Waals surface area (Å²) in [5, 5.41) is 4.18.